The number of nitrogens with zero attached hydrogens (tertiary/aromatic N) is 2. The van der Waals surface area contributed by atoms with Crippen LogP contribution < -0.4 is 4.90 Å². The minimum Gasteiger partial charge on any atom is -0.313 e. The molecule has 2 aromatic rings. The molecule has 0 saturated carbocycles. The molecule has 160 valence electrons. The summed E-state index contributed by atoms with van der Waals surface area (Å²) in [6, 6.07) is 9.91. The standard InChI is InChI=1S/C20H18ClF3N2O2S2/c1-12-3-2-4-13(7-12)9-29-19-25-16-10-30(27,28)11-18(16)26(19)17-8-14(20(22,23)24)5-6-15(17)21/h2-8,16,18H,9-11H2,1H3/t16-,18+/m1/s1. The van der Waals surface area contributed by atoms with Gasteiger partial charge in [-0.3, -0.25) is 4.99 Å². The molecule has 2 atom stereocenters. The first-order valence-corrected chi connectivity index (χ1v) is 12.3. The molecule has 2 aliphatic heterocycles. The summed E-state index contributed by atoms with van der Waals surface area (Å²) in [5.41, 5.74) is 1.44. The van der Waals surface area contributed by atoms with Crippen LogP contribution in [0.4, 0.5) is 18.9 Å². The molecular formula is C20H18ClF3N2O2S2. The van der Waals surface area contributed by atoms with Crippen molar-refractivity contribution in [2.24, 2.45) is 4.99 Å². The predicted molar refractivity (Wildman–Crippen MR) is 115 cm³/mol. The van der Waals surface area contributed by atoms with E-state index in [1.807, 2.05) is 31.2 Å². The Kier molecular flexibility index (Phi) is 5.57. The number of fused-ring (bicyclic) bond motifs is 1. The molecule has 10 heteroatoms. The Morgan fingerprint density at radius 2 is 1.97 bits per heavy atom. The fourth-order valence-corrected chi connectivity index (χ4v) is 6.85. The topological polar surface area (TPSA) is 49.7 Å². The maximum Gasteiger partial charge on any atom is 0.416 e. The summed E-state index contributed by atoms with van der Waals surface area (Å²) in [7, 11) is -3.32. The number of hydrogen-bond acceptors (Lipinski definition) is 5. The number of alkyl halides is 3. The molecule has 1 fully saturated rings. The van der Waals surface area contributed by atoms with E-state index < -0.39 is 33.7 Å². The van der Waals surface area contributed by atoms with Crippen molar-refractivity contribution in [3.05, 3.63) is 64.2 Å². The van der Waals surface area contributed by atoms with Gasteiger partial charge in [0.25, 0.3) is 0 Å². The third kappa shape index (κ3) is 4.33. The van der Waals surface area contributed by atoms with E-state index in [2.05, 4.69) is 4.99 Å². The molecule has 4 rings (SSSR count). The fourth-order valence-electron chi connectivity index (χ4n) is 3.74. The SMILES string of the molecule is Cc1cccc(CSC2=N[C@@H]3CS(=O)(=O)C[C@@H]3N2c2cc(C(F)(F)F)ccc2Cl)c1. The fraction of sp³-hybridized carbons (Fsp3) is 0.350. The zero-order chi connectivity index (χ0) is 21.7. The van der Waals surface area contributed by atoms with Gasteiger partial charge < -0.3 is 4.90 Å². The van der Waals surface area contributed by atoms with E-state index in [1.54, 1.807) is 4.90 Å². The second kappa shape index (κ2) is 7.76. The molecular weight excluding hydrogens is 457 g/mol. The van der Waals surface area contributed by atoms with Gasteiger partial charge in [0.15, 0.2) is 15.0 Å². The van der Waals surface area contributed by atoms with Crippen LogP contribution in [0, 0.1) is 6.92 Å². The highest BCUT2D eigenvalue weighted by Crippen LogP contribution is 2.41. The van der Waals surface area contributed by atoms with Crippen LogP contribution in [0.25, 0.3) is 0 Å². The van der Waals surface area contributed by atoms with Crippen molar-refractivity contribution in [3.8, 4) is 0 Å². The van der Waals surface area contributed by atoms with Crippen LogP contribution in [0.15, 0.2) is 47.5 Å². The average Bonchev–Trinajstić information content (AvgIpc) is 3.11. The number of hydrogen-bond donors (Lipinski definition) is 0. The highest BCUT2D eigenvalue weighted by molar-refractivity contribution is 8.13. The van der Waals surface area contributed by atoms with E-state index in [4.69, 9.17) is 11.6 Å². The number of anilines is 1. The lowest BCUT2D eigenvalue weighted by atomic mass is 10.1. The van der Waals surface area contributed by atoms with Crippen molar-refractivity contribution in [1.29, 1.82) is 0 Å². The summed E-state index contributed by atoms with van der Waals surface area (Å²) in [5, 5.41) is 0.611. The number of halogens is 4. The zero-order valence-corrected chi connectivity index (χ0v) is 18.2. The minimum atomic E-state index is -4.54. The number of aryl methyl sites for hydroxylation is 1. The molecule has 30 heavy (non-hydrogen) atoms. The Balaban J connectivity index is 1.70. The van der Waals surface area contributed by atoms with Crippen molar-refractivity contribution in [3.63, 3.8) is 0 Å². The molecule has 2 aliphatic rings. The van der Waals surface area contributed by atoms with Crippen molar-refractivity contribution in [2.75, 3.05) is 16.4 Å². The van der Waals surface area contributed by atoms with Crippen molar-refractivity contribution < 1.29 is 21.6 Å². The first-order valence-electron chi connectivity index (χ1n) is 9.16. The summed E-state index contributed by atoms with van der Waals surface area (Å²) in [6.07, 6.45) is -4.54. The van der Waals surface area contributed by atoms with Crippen LogP contribution in [0.5, 0.6) is 0 Å². The van der Waals surface area contributed by atoms with Gasteiger partial charge in [-0.15, -0.1) is 0 Å². The Bertz CT molecular complexity index is 1120. The van der Waals surface area contributed by atoms with Gasteiger partial charge in [-0.1, -0.05) is 53.2 Å². The van der Waals surface area contributed by atoms with Crippen molar-refractivity contribution >= 4 is 44.1 Å². The highest BCUT2D eigenvalue weighted by atomic mass is 35.5. The largest absolute Gasteiger partial charge is 0.416 e. The lowest BCUT2D eigenvalue weighted by Crippen LogP contribution is -2.39. The van der Waals surface area contributed by atoms with Crippen molar-refractivity contribution in [1.82, 2.24) is 0 Å². The van der Waals surface area contributed by atoms with Gasteiger partial charge in [-0.2, -0.15) is 13.2 Å². The van der Waals surface area contributed by atoms with Crippen LogP contribution in [0.1, 0.15) is 16.7 Å². The van der Waals surface area contributed by atoms with Gasteiger partial charge in [0.05, 0.1) is 39.9 Å². The van der Waals surface area contributed by atoms with Gasteiger partial charge >= 0.3 is 6.18 Å². The molecule has 0 unspecified atom stereocenters. The van der Waals surface area contributed by atoms with Crippen LogP contribution in [0.2, 0.25) is 5.02 Å². The lowest BCUT2D eigenvalue weighted by Gasteiger charge is -2.28. The lowest BCUT2D eigenvalue weighted by molar-refractivity contribution is -0.137. The van der Waals surface area contributed by atoms with Crippen molar-refractivity contribution in [2.45, 2.75) is 30.9 Å². The van der Waals surface area contributed by atoms with Crippen LogP contribution in [-0.2, 0) is 21.8 Å². The average molecular weight is 475 g/mol. The van der Waals surface area contributed by atoms with Crippen LogP contribution in [-0.4, -0.2) is 37.2 Å². The normalized spacial score (nSPS) is 22.8. The molecule has 0 N–H and O–H groups in total. The van der Waals surface area contributed by atoms with Crippen LogP contribution >= 0.6 is 23.4 Å². The van der Waals surface area contributed by atoms with E-state index in [-0.39, 0.29) is 22.2 Å². The van der Waals surface area contributed by atoms with Gasteiger partial charge in [-0.25, -0.2) is 8.42 Å². The summed E-state index contributed by atoms with van der Waals surface area (Å²) >= 11 is 7.64. The Labute approximate surface area is 182 Å². The smallest absolute Gasteiger partial charge is 0.313 e. The summed E-state index contributed by atoms with van der Waals surface area (Å²) in [5.74, 6) is 0.279. The summed E-state index contributed by atoms with van der Waals surface area (Å²) in [6.45, 7) is 1.98. The van der Waals surface area contributed by atoms with E-state index in [0.29, 0.717) is 10.9 Å². The number of sulfone groups is 1. The monoisotopic (exact) mass is 474 g/mol. The number of aliphatic imine (C=N–C) groups is 1. The second-order valence-electron chi connectivity index (χ2n) is 7.43. The molecule has 4 nitrogen and oxygen atoms in total. The number of thioether (sulfide) groups is 1. The van der Waals surface area contributed by atoms with Gasteiger partial charge in [0.2, 0.25) is 0 Å². The summed E-state index contributed by atoms with van der Waals surface area (Å²) < 4.78 is 64.1. The molecule has 0 radical (unpaired) electrons. The third-order valence-electron chi connectivity index (χ3n) is 5.09. The molecule has 0 bridgehead atoms. The molecule has 1 saturated heterocycles. The predicted octanol–water partition coefficient (Wildman–Crippen LogP) is 4.94. The maximum atomic E-state index is 13.3. The third-order valence-corrected chi connectivity index (χ3v) is 8.15. The molecule has 2 heterocycles. The van der Waals surface area contributed by atoms with E-state index in [1.165, 1.54) is 17.8 Å². The minimum absolute atomic E-state index is 0.112. The number of rotatable bonds is 3. The zero-order valence-electron chi connectivity index (χ0n) is 15.9. The highest BCUT2D eigenvalue weighted by Gasteiger charge is 2.48. The molecule has 0 aliphatic carbocycles. The molecule has 0 aromatic heterocycles. The van der Waals surface area contributed by atoms with Gasteiger partial charge in [-0.05, 0) is 30.7 Å². The van der Waals surface area contributed by atoms with Gasteiger partial charge in [0.1, 0.15) is 0 Å². The molecule has 0 amide bonds. The Morgan fingerprint density at radius 1 is 1.20 bits per heavy atom. The summed E-state index contributed by atoms with van der Waals surface area (Å²) in [4.78, 5) is 6.14. The first kappa shape index (κ1) is 21.5. The molecule has 2 aromatic carbocycles. The quantitative estimate of drug-likeness (QED) is 0.632. The van der Waals surface area contributed by atoms with E-state index in [9.17, 15) is 21.6 Å². The maximum absolute atomic E-state index is 13.3. The number of amidine groups is 1. The van der Waals surface area contributed by atoms with E-state index >= 15 is 0 Å². The Hall–Kier alpha value is -1.71. The molecule has 0 spiro atoms. The second-order valence-corrected chi connectivity index (χ2v) is 10.9. The number of benzene rings is 2. The van der Waals surface area contributed by atoms with E-state index in [0.717, 1.165) is 23.3 Å². The van der Waals surface area contributed by atoms with Crippen LogP contribution in [0.3, 0.4) is 0 Å². The Morgan fingerprint density at radius 3 is 2.67 bits per heavy atom. The van der Waals surface area contributed by atoms with Gasteiger partial charge in [0, 0.05) is 5.75 Å². The first-order chi connectivity index (χ1) is 14.0.